The molecule has 1 aliphatic rings. The Morgan fingerprint density at radius 1 is 1.47 bits per heavy atom. The molecule has 78 valence electrons. The van der Waals surface area contributed by atoms with Crippen molar-refractivity contribution < 1.29 is 4.55 Å². The molecule has 3 heterocycles. The van der Waals surface area contributed by atoms with Gasteiger partial charge in [-0.15, -0.1) is 0 Å². The number of hydrogen-bond acceptors (Lipinski definition) is 3. The third kappa shape index (κ3) is 1.31. The quantitative estimate of drug-likeness (QED) is 0.634. The van der Waals surface area contributed by atoms with Crippen molar-refractivity contribution in [2.45, 2.75) is 13.1 Å². The number of fused-ring (bicyclic) bond motifs is 3. The molecular weight excluding hydrogens is 210 g/mol. The molecule has 2 aromatic rings. The number of rotatable bonds is 0. The summed E-state index contributed by atoms with van der Waals surface area (Å²) in [5, 5.41) is 2.62. The maximum atomic E-state index is 11.8. The molecule has 4 nitrogen and oxygen atoms in total. The first-order valence-electron chi connectivity index (χ1n) is 4.78. The van der Waals surface area contributed by atoms with Crippen molar-refractivity contribution >= 4 is 10.8 Å². The van der Waals surface area contributed by atoms with Crippen LogP contribution in [-0.4, -0.2) is 26.1 Å². The zero-order valence-electron chi connectivity index (χ0n) is 8.38. The zero-order chi connectivity index (χ0) is 10.4. The van der Waals surface area contributed by atoms with E-state index in [1.54, 1.807) is 11.7 Å². The fourth-order valence-corrected chi connectivity index (χ4v) is 3.19. The average Bonchev–Trinajstić information content (AvgIpc) is 2.71. The predicted octanol–water partition coefficient (Wildman–Crippen LogP) is 1.55. The van der Waals surface area contributed by atoms with Gasteiger partial charge in [-0.1, -0.05) is 0 Å². The lowest BCUT2D eigenvalue weighted by molar-refractivity contribution is 0.320. The molecular formula is C10H11N3OS. The molecule has 0 spiro atoms. The van der Waals surface area contributed by atoms with Crippen LogP contribution in [0.4, 0.5) is 0 Å². The maximum absolute atomic E-state index is 11.8. The number of thiophene rings is 1. The van der Waals surface area contributed by atoms with Gasteiger partial charge in [-0.05, 0) is 17.8 Å². The molecule has 3 rings (SSSR count). The van der Waals surface area contributed by atoms with Crippen LogP contribution in [0.15, 0.2) is 24.0 Å². The highest BCUT2D eigenvalue weighted by atomic mass is 32.2. The average molecular weight is 221 g/mol. The molecule has 0 bridgehead atoms. The van der Waals surface area contributed by atoms with Crippen LogP contribution >= 0.6 is 10.8 Å². The zero-order valence-corrected chi connectivity index (χ0v) is 9.20. The Labute approximate surface area is 90.6 Å². The summed E-state index contributed by atoms with van der Waals surface area (Å²) in [7, 11) is 1.05. The van der Waals surface area contributed by atoms with Gasteiger partial charge in [0.25, 0.3) is 5.00 Å². The van der Waals surface area contributed by atoms with Crippen molar-refractivity contribution in [3.63, 3.8) is 0 Å². The van der Waals surface area contributed by atoms with Gasteiger partial charge < -0.3 is 4.55 Å². The molecule has 0 saturated carbocycles. The Kier molecular flexibility index (Phi) is 1.92. The van der Waals surface area contributed by atoms with Gasteiger partial charge in [0, 0.05) is 30.9 Å². The Morgan fingerprint density at radius 2 is 2.33 bits per heavy atom. The number of imidazole rings is 1. The molecule has 5 heteroatoms. The molecule has 0 aromatic carbocycles. The largest absolute Gasteiger partial charge is 0.589 e. The minimum atomic E-state index is -1.01. The Hall–Kier alpha value is -1.17. The van der Waals surface area contributed by atoms with E-state index in [0.717, 1.165) is 29.3 Å². The van der Waals surface area contributed by atoms with E-state index in [2.05, 4.69) is 16.9 Å². The van der Waals surface area contributed by atoms with Crippen LogP contribution in [0.2, 0.25) is 0 Å². The molecule has 0 amide bonds. The monoisotopic (exact) mass is 221 g/mol. The maximum Gasteiger partial charge on any atom is 0.256 e. The van der Waals surface area contributed by atoms with Crippen LogP contribution in [0, 0.1) is 0 Å². The summed E-state index contributed by atoms with van der Waals surface area (Å²) in [5.74, 6) is 0. The van der Waals surface area contributed by atoms with E-state index in [4.69, 9.17) is 0 Å². The summed E-state index contributed by atoms with van der Waals surface area (Å²) < 4.78 is 13.8. The van der Waals surface area contributed by atoms with Gasteiger partial charge in [-0.25, -0.2) is 4.98 Å². The molecule has 1 atom stereocenters. The number of aromatic nitrogens is 2. The lowest BCUT2D eigenvalue weighted by Crippen LogP contribution is -2.15. The van der Waals surface area contributed by atoms with E-state index in [1.165, 1.54) is 0 Å². The van der Waals surface area contributed by atoms with Crippen molar-refractivity contribution in [2.24, 2.45) is 0 Å². The lowest BCUT2D eigenvalue weighted by atomic mass is 10.3. The molecule has 15 heavy (non-hydrogen) atoms. The Balaban J connectivity index is 2.27. The van der Waals surface area contributed by atoms with Crippen LogP contribution in [-0.2, 0) is 13.1 Å². The third-order valence-electron chi connectivity index (χ3n) is 2.66. The lowest BCUT2D eigenvalue weighted by Gasteiger charge is -2.10. The Bertz CT molecular complexity index is 502. The van der Waals surface area contributed by atoms with Gasteiger partial charge >= 0.3 is 0 Å². The van der Waals surface area contributed by atoms with Crippen LogP contribution in [0.1, 0.15) is 11.3 Å². The fourth-order valence-electron chi connectivity index (χ4n) is 2.03. The van der Waals surface area contributed by atoms with Crippen LogP contribution in [0.25, 0.3) is 5.00 Å². The van der Waals surface area contributed by atoms with Crippen molar-refractivity contribution in [3.05, 3.63) is 35.2 Å². The van der Waals surface area contributed by atoms with Gasteiger partial charge in [0.15, 0.2) is 0 Å². The van der Waals surface area contributed by atoms with Gasteiger partial charge in [-0.3, -0.25) is 9.47 Å². The van der Waals surface area contributed by atoms with Crippen LogP contribution < -0.4 is 0 Å². The van der Waals surface area contributed by atoms with Crippen LogP contribution in [0.5, 0.6) is 0 Å². The van der Waals surface area contributed by atoms with Gasteiger partial charge in [-0.2, -0.15) is 0 Å². The molecule has 2 aromatic heterocycles. The standard InChI is InChI=1S/C10H11N3OS/c1-12-5-8-2-3-15(14)10(8)13-7-11-4-9(13)6-12/h2-4,7H,5-6H2,1H3. The SMILES string of the molecule is CN1Cc2cc[s+]([O-])c2-n2cncc2C1. The van der Waals surface area contributed by atoms with Gasteiger partial charge in [0.1, 0.15) is 11.7 Å². The second kappa shape index (κ2) is 3.16. The Morgan fingerprint density at radius 3 is 3.20 bits per heavy atom. The van der Waals surface area contributed by atoms with E-state index in [-0.39, 0.29) is 0 Å². The highest BCUT2D eigenvalue weighted by Crippen LogP contribution is 2.33. The summed E-state index contributed by atoms with van der Waals surface area (Å²) in [4.78, 5) is 6.31. The predicted molar refractivity (Wildman–Crippen MR) is 57.4 cm³/mol. The van der Waals surface area contributed by atoms with Gasteiger partial charge in [0.05, 0.1) is 5.69 Å². The number of hydrogen-bond donors (Lipinski definition) is 0. The molecule has 0 fully saturated rings. The van der Waals surface area contributed by atoms with Crippen molar-refractivity contribution in [2.75, 3.05) is 7.05 Å². The molecule has 0 radical (unpaired) electrons. The van der Waals surface area contributed by atoms with E-state index in [9.17, 15) is 4.55 Å². The minimum absolute atomic E-state index is 0.845. The summed E-state index contributed by atoms with van der Waals surface area (Å²) in [6.07, 6.45) is 3.58. The molecule has 0 N–H and O–H groups in total. The minimum Gasteiger partial charge on any atom is -0.589 e. The van der Waals surface area contributed by atoms with Crippen molar-refractivity contribution in [1.29, 1.82) is 0 Å². The van der Waals surface area contributed by atoms with Crippen LogP contribution in [0.3, 0.4) is 0 Å². The summed E-state index contributed by atoms with van der Waals surface area (Å²) >= 11 is 0. The molecule has 0 aliphatic carbocycles. The van der Waals surface area contributed by atoms with Crippen molar-refractivity contribution in [3.8, 4) is 5.00 Å². The first-order valence-corrected chi connectivity index (χ1v) is 5.99. The second-order valence-corrected chi connectivity index (χ2v) is 5.11. The fraction of sp³-hybridized carbons (Fsp3) is 0.300. The summed E-state index contributed by atoms with van der Waals surface area (Å²) in [6, 6.07) is 1.96. The highest BCUT2D eigenvalue weighted by Gasteiger charge is 2.23. The highest BCUT2D eigenvalue weighted by molar-refractivity contribution is 7.26. The van der Waals surface area contributed by atoms with E-state index >= 15 is 0 Å². The molecule has 1 aliphatic heterocycles. The van der Waals surface area contributed by atoms with E-state index < -0.39 is 10.8 Å². The van der Waals surface area contributed by atoms with E-state index in [0.29, 0.717) is 0 Å². The first kappa shape index (κ1) is 9.08. The summed E-state index contributed by atoms with van der Waals surface area (Å²) in [5.41, 5.74) is 2.23. The third-order valence-corrected chi connectivity index (χ3v) is 3.89. The van der Waals surface area contributed by atoms with Crippen molar-refractivity contribution in [1.82, 2.24) is 14.5 Å². The number of nitrogens with zero attached hydrogens (tertiary/aromatic N) is 3. The topological polar surface area (TPSA) is 44.1 Å². The molecule has 0 saturated heterocycles. The van der Waals surface area contributed by atoms with Gasteiger partial charge in [0.2, 0.25) is 0 Å². The summed E-state index contributed by atoms with van der Waals surface area (Å²) in [6.45, 7) is 1.69. The second-order valence-electron chi connectivity index (χ2n) is 3.86. The molecule has 1 unspecified atom stereocenters. The van der Waals surface area contributed by atoms with E-state index in [1.807, 2.05) is 16.8 Å². The smallest absolute Gasteiger partial charge is 0.256 e. The normalized spacial score (nSPS) is 17.1. The first-order chi connectivity index (χ1) is 7.25.